The van der Waals surface area contributed by atoms with Crippen molar-refractivity contribution in [2.24, 2.45) is 5.73 Å². The lowest BCUT2D eigenvalue weighted by molar-refractivity contribution is 0.712. The van der Waals surface area contributed by atoms with Crippen molar-refractivity contribution in [1.82, 2.24) is 10.3 Å². The summed E-state index contributed by atoms with van der Waals surface area (Å²) in [5.74, 6) is 0. The molecule has 0 aliphatic rings. The second-order valence-corrected chi connectivity index (χ2v) is 2.99. The lowest BCUT2D eigenvalue weighted by Gasteiger charge is -1.98. The third-order valence-corrected chi connectivity index (χ3v) is 2.13. The van der Waals surface area contributed by atoms with Gasteiger partial charge in [0.2, 0.25) is 0 Å². The fourth-order valence-corrected chi connectivity index (χ4v) is 1.48. The Bertz CT molecular complexity index is 392. The zero-order chi connectivity index (χ0) is 9.10. The van der Waals surface area contributed by atoms with Crippen LogP contribution >= 0.6 is 0 Å². The minimum Gasteiger partial charge on any atom is -0.361 e. The molecule has 0 aliphatic heterocycles. The average Bonchev–Trinajstić information content (AvgIpc) is 2.58. The minimum absolute atomic E-state index is 0.513. The molecule has 1 aromatic heterocycles. The third kappa shape index (κ3) is 1.56. The largest absolute Gasteiger partial charge is 0.361 e. The first-order valence-corrected chi connectivity index (χ1v) is 4.37. The van der Waals surface area contributed by atoms with E-state index in [0.29, 0.717) is 6.67 Å². The number of hydrogen-bond acceptors (Lipinski definition) is 2. The number of H-pyrrole nitrogens is 1. The number of aromatic nitrogens is 1. The van der Waals surface area contributed by atoms with Crippen LogP contribution < -0.4 is 11.1 Å². The van der Waals surface area contributed by atoms with Gasteiger partial charge in [-0.3, -0.25) is 0 Å². The van der Waals surface area contributed by atoms with E-state index >= 15 is 0 Å². The fraction of sp³-hybridized carbons (Fsp3) is 0.200. The van der Waals surface area contributed by atoms with E-state index < -0.39 is 0 Å². The Hall–Kier alpha value is -1.32. The lowest BCUT2D eigenvalue weighted by atomic mass is 10.2. The molecule has 3 nitrogen and oxygen atoms in total. The van der Waals surface area contributed by atoms with Crippen LogP contribution in [0.5, 0.6) is 0 Å². The number of nitrogens with two attached hydrogens (primary N) is 1. The van der Waals surface area contributed by atoms with Gasteiger partial charge in [0.25, 0.3) is 0 Å². The topological polar surface area (TPSA) is 53.8 Å². The predicted octanol–water partition coefficient (Wildman–Crippen LogP) is 1.17. The number of rotatable bonds is 3. The Morgan fingerprint density at radius 1 is 1.31 bits per heavy atom. The van der Waals surface area contributed by atoms with Crippen LogP contribution in [0.25, 0.3) is 10.9 Å². The number of benzene rings is 1. The zero-order valence-electron chi connectivity index (χ0n) is 7.38. The number of hydrogen-bond donors (Lipinski definition) is 3. The van der Waals surface area contributed by atoms with Crippen molar-refractivity contribution in [2.75, 3.05) is 6.67 Å². The molecule has 0 spiro atoms. The molecule has 0 radical (unpaired) electrons. The van der Waals surface area contributed by atoms with Crippen molar-refractivity contribution in [3.63, 3.8) is 0 Å². The number of nitrogens with one attached hydrogen (secondary N) is 2. The summed E-state index contributed by atoms with van der Waals surface area (Å²) in [5.41, 5.74) is 7.81. The van der Waals surface area contributed by atoms with E-state index in [2.05, 4.69) is 22.4 Å². The molecule has 0 atom stereocenters. The molecule has 13 heavy (non-hydrogen) atoms. The SMILES string of the molecule is NCNCc1c[nH]c2ccccc12. The highest BCUT2D eigenvalue weighted by molar-refractivity contribution is 5.82. The summed E-state index contributed by atoms with van der Waals surface area (Å²) < 4.78 is 0. The maximum atomic E-state index is 5.37. The quantitative estimate of drug-likeness (QED) is 0.613. The van der Waals surface area contributed by atoms with Crippen LogP contribution in [-0.2, 0) is 6.54 Å². The molecule has 0 saturated carbocycles. The van der Waals surface area contributed by atoms with E-state index in [9.17, 15) is 0 Å². The third-order valence-electron chi connectivity index (χ3n) is 2.13. The lowest BCUT2D eigenvalue weighted by Crippen LogP contribution is -2.21. The summed E-state index contributed by atoms with van der Waals surface area (Å²) in [7, 11) is 0. The molecule has 2 rings (SSSR count). The van der Waals surface area contributed by atoms with E-state index in [4.69, 9.17) is 5.73 Å². The maximum absolute atomic E-state index is 5.37. The molecule has 2 aromatic rings. The van der Waals surface area contributed by atoms with Gasteiger partial charge in [-0.05, 0) is 11.6 Å². The monoisotopic (exact) mass is 175 g/mol. The molecular formula is C10H13N3. The van der Waals surface area contributed by atoms with E-state index in [1.54, 1.807) is 0 Å². The number of fused-ring (bicyclic) bond motifs is 1. The Morgan fingerprint density at radius 3 is 3.00 bits per heavy atom. The summed E-state index contributed by atoms with van der Waals surface area (Å²) in [6.07, 6.45) is 2.02. The molecule has 0 aliphatic carbocycles. The maximum Gasteiger partial charge on any atom is 0.0457 e. The van der Waals surface area contributed by atoms with Crippen LogP contribution in [0.15, 0.2) is 30.5 Å². The fourth-order valence-electron chi connectivity index (χ4n) is 1.48. The molecule has 1 heterocycles. The highest BCUT2D eigenvalue weighted by Gasteiger charge is 2.00. The van der Waals surface area contributed by atoms with Crippen LogP contribution in [0.1, 0.15) is 5.56 Å². The van der Waals surface area contributed by atoms with Gasteiger partial charge < -0.3 is 16.0 Å². The number of aromatic amines is 1. The molecule has 68 valence electrons. The first kappa shape index (κ1) is 8.29. The molecule has 0 amide bonds. The van der Waals surface area contributed by atoms with Crippen LogP contribution in [0.2, 0.25) is 0 Å². The first-order valence-electron chi connectivity index (χ1n) is 4.37. The Labute approximate surface area is 76.9 Å². The van der Waals surface area contributed by atoms with Crippen LogP contribution in [0.3, 0.4) is 0 Å². The molecule has 3 heteroatoms. The van der Waals surface area contributed by atoms with E-state index in [-0.39, 0.29) is 0 Å². The second-order valence-electron chi connectivity index (χ2n) is 2.99. The minimum atomic E-state index is 0.513. The van der Waals surface area contributed by atoms with Gasteiger partial charge in [0, 0.05) is 30.3 Å². The summed E-state index contributed by atoms with van der Waals surface area (Å²) in [5, 5.41) is 4.37. The summed E-state index contributed by atoms with van der Waals surface area (Å²) >= 11 is 0. The molecule has 4 N–H and O–H groups in total. The summed E-state index contributed by atoms with van der Waals surface area (Å²) in [6, 6.07) is 8.25. The van der Waals surface area contributed by atoms with Gasteiger partial charge >= 0.3 is 0 Å². The van der Waals surface area contributed by atoms with Crippen molar-refractivity contribution in [1.29, 1.82) is 0 Å². The van der Waals surface area contributed by atoms with Gasteiger partial charge in [0.1, 0.15) is 0 Å². The summed E-state index contributed by atoms with van der Waals surface area (Å²) in [4.78, 5) is 3.22. The smallest absolute Gasteiger partial charge is 0.0457 e. The van der Waals surface area contributed by atoms with Gasteiger partial charge in [-0.25, -0.2) is 0 Å². The van der Waals surface area contributed by atoms with Crippen LogP contribution in [0, 0.1) is 0 Å². The van der Waals surface area contributed by atoms with Crippen molar-refractivity contribution >= 4 is 10.9 Å². The molecule has 0 fully saturated rings. The van der Waals surface area contributed by atoms with Crippen molar-refractivity contribution in [3.8, 4) is 0 Å². The molecular weight excluding hydrogens is 162 g/mol. The standard InChI is InChI=1S/C10H13N3/c11-7-12-5-8-6-13-10-4-2-1-3-9(8)10/h1-4,6,12-13H,5,7,11H2. The van der Waals surface area contributed by atoms with E-state index in [1.165, 1.54) is 16.5 Å². The van der Waals surface area contributed by atoms with Gasteiger partial charge in [-0.2, -0.15) is 0 Å². The zero-order valence-corrected chi connectivity index (χ0v) is 7.38. The van der Waals surface area contributed by atoms with Crippen molar-refractivity contribution < 1.29 is 0 Å². The van der Waals surface area contributed by atoms with Gasteiger partial charge in [0.05, 0.1) is 0 Å². The van der Waals surface area contributed by atoms with Crippen LogP contribution in [0.4, 0.5) is 0 Å². The Morgan fingerprint density at radius 2 is 2.15 bits per heavy atom. The highest BCUT2D eigenvalue weighted by Crippen LogP contribution is 2.16. The Balaban J connectivity index is 2.35. The molecule has 0 bridgehead atoms. The average molecular weight is 175 g/mol. The van der Waals surface area contributed by atoms with Crippen LogP contribution in [-0.4, -0.2) is 11.7 Å². The number of para-hydroxylation sites is 1. The molecule has 0 saturated heterocycles. The Kier molecular flexibility index (Phi) is 2.29. The predicted molar refractivity (Wildman–Crippen MR) is 54.2 cm³/mol. The van der Waals surface area contributed by atoms with Crippen molar-refractivity contribution in [3.05, 3.63) is 36.0 Å². The second kappa shape index (κ2) is 3.60. The molecule has 0 unspecified atom stereocenters. The van der Waals surface area contributed by atoms with Gasteiger partial charge in [-0.1, -0.05) is 18.2 Å². The van der Waals surface area contributed by atoms with Crippen molar-refractivity contribution in [2.45, 2.75) is 6.54 Å². The normalized spacial score (nSPS) is 10.8. The van der Waals surface area contributed by atoms with E-state index in [0.717, 1.165) is 6.54 Å². The first-order chi connectivity index (χ1) is 6.42. The van der Waals surface area contributed by atoms with Gasteiger partial charge in [0.15, 0.2) is 0 Å². The summed E-state index contributed by atoms with van der Waals surface area (Å²) in [6.45, 7) is 1.33. The highest BCUT2D eigenvalue weighted by atomic mass is 14.9. The molecule has 1 aromatic carbocycles. The van der Waals surface area contributed by atoms with E-state index in [1.807, 2.05) is 18.3 Å². The van der Waals surface area contributed by atoms with Gasteiger partial charge in [-0.15, -0.1) is 0 Å².